The molecule has 34 heavy (non-hydrogen) atoms. The van der Waals surface area contributed by atoms with Crippen LogP contribution in [0.1, 0.15) is 42.9 Å². The fourth-order valence-corrected chi connectivity index (χ4v) is 4.17. The quantitative estimate of drug-likeness (QED) is 0.581. The zero-order valence-corrected chi connectivity index (χ0v) is 19.5. The molecule has 2 aliphatic rings. The molecule has 1 aliphatic heterocycles. The van der Waals surface area contributed by atoms with Gasteiger partial charge in [-0.3, -0.25) is 4.79 Å². The Hall–Kier alpha value is -2.88. The number of nitrogens with zero attached hydrogens (tertiary/aromatic N) is 3. The molecule has 1 amide bonds. The average molecular weight is 478 g/mol. The van der Waals surface area contributed by atoms with Gasteiger partial charge in [0.15, 0.2) is 0 Å². The number of carbonyl (C=O) groups is 1. The van der Waals surface area contributed by atoms with Crippen molar-refractivity contribution in [1.82, 2.24) is 14.9 Å². The first-order valence-electron chi connectivity index (χ1n) is 11.6. The maximum absolute atomic E-state index is 13.7. The summed E-state index contributed by atoms with van der Waals surface area (Å²) in [6.45, 7) is 6.19. The highest BCUT2D eigenvalue weighted by Gasteiger charge is 2.45. The van der Waals surface area contributed by atoms with E-state index in [0.717, 1.165) is 42.3 Å². The van der Waals surface area contributed by atoms with Crippen LogP contribution in [-0.4, -0.2) is 53.6 Å². The third-order valence-electron chi connectivity index (χ3n) is 6.42. The maximum atomic E-state index is 13.7. The Morgan fingerprint density at radius 3 is 2.74 bits per heavy atom. The molecule has 1 saturated carbocycles. The van der Waals surface area contributed by atoms with Gasteiger partial charge < -0.3 is 20.3 Å². The van der Waals surface area contributed by atoms with Crippen molar-refractivity contribution in [1.29, 1.82) is 0 Å². The molecule has 0 radical (unpaired) electrons. The number of aryl methyl sites for hydroxylation is 2. The minimum absolute atomic E-state index is 0.0260. The van der Waals surface area contributed by atoms with Crippen molar-refractivity contribution < 1.29 is 22.7 Å². The molecule has 7 nitrogen and oxygen atoms in total. The monoisotopic (exact) mass is 477 g/mol. The second kappa shape index (κ2) is 9.77. The highest BCUT2D eigenvalue weighted by atomic mass is 19.4. The summed E-state index contributed by atoms with van der Waals surface area (Å²) < 4.78 is 46.4. The summed E-state index contributed by atoms with van der Waals surface area (Å²) in [6, 6.07) is 5.83. The predicted molar refractivity (Wildman–Crippen MR) is 123 cm³/mol. The predicted octanol–water partition coefficient (Wildman–Crippen LogP) is 4.55. The van der Waals surface area contributed by atoms with Crippen molar-refractivity contribution in [3.05, 3.63) is 41.1 Å². The fraction of sp³-hybridized carbons (Fsp3) is 0.542. The van der Waals surface area contributed by atoms with Crippen LogP contribution >= 0.6 is 0 Å². The van der Waals surface area contributed by atoms with E-state index in [9.17, 15) is 18.0 Å². The number of amides is 1. The van der Waals surface area contributed by atoms with Crippen LogP contribution in [0.5, 0.6) is 0 Å². The number of alkyl halides is 3. The van der Waals surface area contributed by atoms with Crippen LogP contribution in [0.4, 0.5) is 30.6 Å². The van der Waals surface area contributed by atoms with Gasteiger partial charge in [-0.1, -0.05) is 24.6 Å². The highest BCUT2D eigenvalue weighted by molar-refractivity contribution is 5.76. The topological polar surface area (TPSA) is 79.4 Å². The highest BCUT2D eigenvalue weighted by Crippen LogP contribution is 2.47. The summed E-state index contributed by atoms with van der Waals surface area (Å²) in [5, 5.41) is 5.99. The molecular formula is C24H30F3N5O2. The molecule has 4 rings (SSSR count). The van der Waals surface area contributed by atoms with E-state index < -0.39 is 11.7 Å². The molecular weight excluding hydrogens is 447 g/mol. The number of hydrogen-bond donors (Lipinski definition) is 2. The summed E-state index contributed by atoms with van der Waals surface area (Å²) in [6.07, 6.45) is -1.00. The van der Waals surface area contributed by atoms with Crippen molar-refractivity contribution >= 4 is 23.4 Å². The average Bonchev–Trinajstić information content (AvgIpc) is 3.59. The van der Waals surface area contributed by atoms with Gasteiger partial charge in [0.25, 0.3) is 0 Å². The van der Waals surface area contributed by atoms with Crippen LogP contribution in [0.15, 0.2) is 24.4 Å². The second-order valence-electron chi connectivity index (χ2n) is 9.12. The van der Waals surface area contributed by atoms with Crippen molar-refractivity contribution in [3.8, 4) is 0 Å². The number of hydrogen-bond acceptors (Lipinski definition) is 6. The Morgan fingerprint density at radius 1 is 1.24 bits per heavy atom. The number of halogens is 3. The van der Waals surface area contributed by atoms with E-state index >= 15 is 0 Å². The standard InChI is InChI=1S/C24H30F3N5O2/c1-3-17-12-16(2)4-5-19(17)30-22-28-13-18(24(25,26)27)21(31-22)29-14-23(7-8-23)15-32-9-11-34-10-6-20(32)33/h4-5,12-13H,3,6-11,14-15H2,1-2H3,(H2,28,29,30,31). The smallest absolute Gasteiger partial charge is 0.379 e. The molecule has 2 fully saturated rings. The van der Waals surface area contributed by atoms with Crippen LogP contribution in [0.25, 0.3) is 0 Å². The first kappa shape index (κ1) is 24.3. The molecule has 0 atom stereocenters. The molecule has 1 saturated heterocycles. The Kier molecular flexibility index (Phi) is 6.97. The summed E-state index contributed by atoms with van der Waals surface area (Å²) in [5.41, 5.74) is 1.73. The van der Waals surface area contributed by atoms with E-state index in [-0.39, 0.29) is 23.1 Å². The van der Waals surface area contributed by atoms with Crippen LogP contribution in [0, 0.1) is 12.3 Å². The van der Waals surface area contributed by atoms with Crippen molar-refractivity contribution in [2.75, 3.05) is 43.5 Å². The van der Waals surface area contributed by atoms with E-state index in [4.69, 9.17) is 4.74 Å². The van der Waals surface area contributed by atoms with Crippen molar-refractivity contribution in [2.24, 2.45) is 5.41 Å². The summed E-state index contributed by atoms with van der Waals surface area (Å²) in [5.74, 6) is -0.135. The second-order valence-corrected chi connectivity index (χ2v) is 9.12. The zero-order valence-electron chi connectivity index (χ0n) is 19.5. The minimum atomic E-state index is -4.59. The molecule has 0 unspecified atom stereocenters. The lowest BCUT2D eigenvalue weighted by Crippen LogP contribution is -2.39. The normalized spacial score (nSPS) is 17.9. The molecule has 0 bridgehead atoms. The third kappa shape index (κ3) is 5.78. The molecule has 0 spiro atoms. The Labute approximate surface area is 197 Å². The summed E-state index contributed by atoms with van der Waals surface area (Å²) in [7, 11) is 0. The zero-order chi connectivity index (χ0) is 24.3. The Balaban J connectivity index is 1.51. The van der Waals surface area contributed by atoms with E-state index in [0.29, 0.717) is 39.3 Å². The molecule has 10 heteroatoms. The van der Waals surface area contributed by atoms with Crippen LogP contribution in [0.3, 0.4) is 0 Å². The summed E-state index contributed by atoms with van der Waals surface area (Å²) in [4.78, 5) is 22.2. The van der Waals surface area contributed by atoms with Gasteiger partial charge in [0.1, 0.15) is 11.4 Å². The van der Waals surface area contributed by atoms with Crippen LogP contribution < -0.4 is 10.6 Å². The van der Waals surface area contributed by atoms with Gasteiger partial charge in [-0.15, -0.1) is 0 Å². The third-order valence-corrected chi connectivity index (χ3v) is 6.42. The van der Waals surface area contributed by atoms with E-state index in [1.54, 1.807) is 4.90 Å². The lowest BCUT2D eigenvalue weighted by molar-refractivity contribution is -0.137. The first-order valence-corrected chi connectivity index (χ1v) is 11.6. The molecule has 1 aliphatic carbocycles. The van der Waals surface area contributed by atoms with Gasteiger partial charge in [-0.25, -0.2) is 4.98 Å². The molecule has 2 aromatic rings. The Morgan fingerprint density at radius 2 is 2.03 bits per heavy atom. The lowest BCUT2D eigenvalue weighted by atomic mass is 10.1. The number of ether oxygens (including phenoxy) is 1. The fourth-order valence-electron chi connectivity index (χ4n) is 4.17. The van der Waals surface area contributed by atoms with Crippen molar-refractivity contribution in [3.63, 3.8) is 0 Å². The molecule has 1 aromatic carbocycles. The maximum Gasteiger partial charge on any atom is 0.421 e. The van der Waals surface area contributed by atoms with Crippen molar-refractivity contribution in [2.45, 2.75) is 45.7 Å². The van der Waals surface area contributed by atoms with Crippen LogP contribution in [0.2, 0.25) is 0 Å². The lowest BCUT2D eigenvalue weighted by Gasteiger charge is -2.27. The van der Waals surface area contributed by atoms with Gasteiger partial charge >= 0.3 is 6.18 Å². The van der Waals surface area contributed by atoms with E-state index in [2.05, 4.69) is 20.6 Å². The van der Waals surface area contributed by atoms with Gasteiger partial charge in [-0.2, -0.15) is 18.2 Å². The number of benzene rings is 1. The molecule has 2 heterocycles. The number of aromatic nitrogens is 2. The number of nitrogens with one attached hydrogen (secondary N) is 2. The van der Waals surface area contributed by atoms with Gasteiger partial charge in [0.05, 0.1) is 19.6 Å². The van der Waals surface area contributed by atoms with Gasteiger partial charge in [-0.05, 0) is 37.8 Å². The first-order chi connectivity index (χ1) is 16.2. The van der Waals surface area contributed by atoms with Crippen LogP contribution in [-0.2, 0) is 22.1 Å². The van der Waals surface area contributed by atoms with E-state index in [1.165, 1.54) is 0 Å². The van der Waals surface area contributed by atoms with Gasteiger partial charge in [0, 0.05) is 36.9 Å². The van der Waals surface area contributed by atoms with Gasteiger partial charge in [0.2, 0.25) is 11.9 Å². The molecule has 2 N–H and O–H groups in total. The number of rotatable bonds is 8. The SMILES string of the molecule is CCc1cc(C)ccc1Nc1ncc(C(F)(F)F)c(NCC2(CN3CCOCCC3=O)CC2)n1. The summed E-state index contributed by atoms with van der Waals surface area (Å²) >= 11 is 0. The molecule has 1 aromatic heterocycles. The van der Waals surface area contributed by atoms with E-state index in [1.807, 2.05) is 32.0 Å². The number of anilines is 3. The largest absolute Gasteiger partial charge is 0.421 e. The molecule has 184 valence electrons. The minimum Gasteiger partial charge on any atom is -0.379 e. The number of carbonyl (C=O) groups excluding carboxylic acids is 1. The Bertz CT molecular complexity index is 1040.